The molecule has 0 aliphatic heterocycles. The molecule has 0 aliphatic carbocycles. The monoisotopic (exact) mass is 236 g/mol. The molecule has 5 N–H and O–H groups in total. The lowest BCUT2D eigenvalue weighted by atomic mass is 10.2. The van der Waals surface area contributed by atoms with Crippen molar-refractivity contribution >= 4 is 34.5 Å². The van der Waals surface area contributed by atoms with E-state index in [0.29, 0.717) is 27.9 Å². The molecule has 0 radical (unpaired) electrons. The number of aromatic amines is 1. The first kappa shape index (κ1) is 10.4. The maximum atomic E-state index is 5.95. The van der Waals surface area contributed by atoms with Gasteiger partial charge in [-0.25, -0.2) is 0 Å². The van der Waals surface area contributed by atoms with Gasteiger partial charge in [0.1, 0.15) is 5.69 Å². The second kappa shape index (κ2) is 4.19. The first-order valence-electron chi connectivity index (χ1n) is 4.43. The highest BCUT2D eigenvalue weighted by Gasteiger charge is 2.06. The van der Waals surface area contributed by atoms with E-state index in [0.717, 1.165) is 0 Å². The SMILES string of the molecule is Nc1ccc(N=Nc2ccn[nH]2)c(Cl)c1N. The van der Waals surface area contributed by atoms with Crippen LogP contribution in [0.15, 0.2) is 34.6 Å². The lowest BCUT2D eigenvalue weighted by Crippen LogP contribution is -1.94. The summed E-state index contributed by atoms with van der Waals surface area (Å²) < 4.78 is 0. The van der Waals surface area contributed by atoms with E-state index in [2.05, 4.69) is 20.4 Å². The molecule has 0 amide bonds. The molecule has 0 unspecified atom stereocenters. The van der Waals surface area contributed by atoms with E-state index in [1.165, 1.54) is 0 Å². The van der Waals surface area contributed by atoms with Crippen LogP contribution in [0.5, 0.6) is 0 Å². The van der Waals surface area contributed by atoms with Crippen molar-refractivity contribution < 1.29 is 0 Å². The smallest absolute Gasteiger partial charge is 0.170 e. The lowest BCUT2D eigenvalue weighted by Gasteiger charge is -2.03. The molecule has 6 nitrogen and oxygen atoms in total. The number of hydrogen-bond acceptors (Lipinski definition) is 5. The van der Waals surface area contributed by atoms with Gasteiger partial charge in [-0.2, -0.15) is 5.10 Å². The number of nitrogens with one attached hydrogen (secondary N) is 1. The standard InChI is InChI=1S/C9H9ClN6/c10-8-6(2-1-5(11)9(8)12)14-16-7-3-4-13-15-7/h1-4H,11-12H2,(H,13,15). The summed E-state index contributed by atoms with van der Waals surface area (Å²) in [6, 6.07) is 4.95. The van der Waals surface area contributed by atoms with Crippen LogP contribution in [0.25, 0.3) is 0 Å². The van der Waals surface area contributed by atoms with Crippen LogP contribution in [0.2, 0.25) is 5.02 Å². The average Bonchev–Trinajstić information content (AvgIpc) is 2.78. The number of H-pyrrole nitrogens is 1. The summed E-state index contributed by atoms with van der Waals surface area (Å²) in [4.78, 5) is 0. The molecule has 0 fully saturated rings. The van der Waals surface area contributed by atoms with Crippen LogP contribution in [-0.4, -0.2) is 10.2 Å². The van der Waals surface area contributed by atoms with Gasteiger partial charge < -0.3 is 11.5 Å². The summed E-state index contributed by atoms with van der Waals surface area (Å²) in [5, 5.41) is 14.5. The Balaban J connectivity index is 2.32. The third-order valence-electron chi connectivity index (χ3n) is 1.94. The zero-order valence-corrected chi connectivity index (χ0v) is 8.94. The zero-order valence-electron chi connectivity index (χ0n) is 8.18. The van der Waals surface area contributed by atoms with Gasteiger partial charge in [-0.15, -0.1) is 10.2 Å². The molecule has 2 rings (SSSR count). The predicted molar refractivity (Wildman–Crippen MR) is 63.0 cm³/mol. The summed E-state index contributed by atoms with van der Waals surface area (Å²) >= 11 is 5.95. The van der Waals surface area contributed by atoms with Gasteiger partial charge in [-0.1, -0.05) is 11.6 Å². The molecular weight excluding hydrogens is 228 g/mol. The minimum Gasteiger partial charge on any atom is -0.397 e. The molecule has 0 bridgehead atoms. The van der Waals surface area contributed by atoms with Crippen molar-refractivity contribution in [1.82, 2.24) is 10.2 Å². The summed E-state index contributed by atoms with van der Waals surface area (Å²) in [5.41, 5.74) is 12.4. The summed E-state index contributed by atoms with van der Waals surface area (Å²) in [7, 11) is 0. The average molecular weight is 237 g/mol. The van der Waals surface area contributed by atoms with Gasteiger partial charge in [0.2, 0.25) is 0 Å². The number of hydrogen-bond donors (Lipinski definition) is 3. The van der Waals surface area contributed by atoms with Gasteiger partial charge in [0, 0.05) is 6.07 Å². The second-order valence-electron chi connectivity index (χ2n) is 3.04. The van der Waals surface area contributed by atoms with Crippen molar-refractivity contribution in [3.05, 3.63) is 29.4 Å². The van der Waals surface area contributed by atoms with Gasteiger partial charge >= 0.3 is 0 Å². The fourth-order valence-corrected chi connectivity index (χ4v) is 1.30. The number of rotatable bonds is 2. The number of nitrogen functional groups attached to an aromatic ring is 2. The fourth-order valence-electron chi connectivity index (χ4n) is 1.09. The van der Waals surface area contributed by atoms with Gasteiger partial charge in [0.15, 0.2) is 5.82 Å². The van der Waals surface area contributed by atoms with E-state index in [1.54, 1.807) is 24.4 Å². The summed E-state index contributed by atoms with van der Waals surface area (Å²) in [6.45, 7) is 0. The first-order chi connectivity index (χ1) is 7.68. The maximum Gasteiger partial charge on any atom is 0.170 e. The Labute approximate surface area is 96.3 Å². The van der Waals surface area contributed by atoms with Crippen molar-refractivity contribution in [2.24, 2.45) is 10.2 Å². The number of aromatic nitrogens is 2. The second-order valence-corrected chi connectivity index (χ2v) is 3.42. The van der Waals surface area contributed by atoms with Crippen LogP contribution in [0.3, 0.4) is 0 Å². The van der Waals surface area contributed by atoms with E-state index in [-0.39, 0.29) is 0 Å². The molecule has 16 heavy (non-hydrogen) atoms. The molecule has 0 aliphatic rings. The topological polar surface area (TPSA) is 105 Å². The molecule has 7 heteroatoms. The molecule has 1 aromatic carbocycles. The van der Waals surface area contributed by atoms with Gasteiger partial charge in [0.05, 0.1) is 22.6 Å². The third kappa shape index (κ3) is 1.96. The molecule has 0 atom stereocenters. The highest BCUT2D eigenvalue weighted by atomic mass is 35.5. The van der Waals surface area contributed by atoms with Crippen LogP contribution in [-0.2, 0) is 0 Å². The number of nitrogens with zero attached hydrogens (tertiary/aromatic N) is 3. The van der Waals surface area contributed by atoms with E-state index in [9.17, 15) is 0 Å². The highest BCUT2D eigenvalue weighted by Crippen LogP contribution is 2.35. The zero-order chi connectivity index (χ0) is 11.5. The number of halogens is 1. The van der Waals surface area contributed by atoms with E-state index in [1.807, 2.05) is 0 Å². The molecule has 2 aromatic rings. The van der Waals surface area contributed by atoms with E-state index < -0.39 is 0 Å². The van der Waals surface area contributed by atoms with Crippen molar-refractivity contribution in [2.45, 2.75) is 0 Å². The predicted octanol–water partition coefficient (Wildman–Crippen LogP) is 2.64. The summed E-state index contributed by atoms with van der Waals surface area (Å²) in [5.74, 6) is 0.534. The molecule has 1 heterocycles. The number of benzene rings is 1. The quantitative estimate of drug-likeness (QED) is 0.551. The Morgan fingerprint density at radius 2 is 2.00 bits per heavy atom. The number of anilines is 2. The van der Waals surface area contributed by atoms with Crippen LogP contribution >= 0.6 is 11.6 Å². The van der Waals surface area contributed by atoms with Crippen LogP contribution in [0, 0.1) is 0 Å². The Hall–Kier alpha value is -2.08. The Morgan fingerprint density at radius 3 is 2.69 bits per heavy atom. The molecule has 0 saturated heterocycles. The van der Waals surface area contributed by atoms with E-state index >= 15 is 0 Å². The van der Waals surface area contributed by atoms with E-state index in [4.69, 9.17) is 23.1 Å². The number of nitrogens with two attached hydrogens (primary N) is 2. The van der Waals surface area contributed by atoms with Crippen molar-refractivity contribution in [1.29, 1.82) is 0 Å². The minimum atomic E-state index is 0.295. The highest BCUT2D eigenvalue weighted by molar-refractivity contribution is 6.36. The van der Waals surface area contributed by atoms with Crippen molar-refractivity contribution in [2.75, 3.05) is 11.5 Å². The Kier molecular flexibility index (Phi) is 2.74. The normalized spacial score (nSPS) is 11.1. The molecule has 0 saturated carbocycles. The third-order valence-corrected chi connectivity index (χ3v) is 2.34. The molecular formula is C9H9ClN6. The first-order valence-corrected chi connectivity index (χ1v) is 4.81. The lowest BCUT2D eigenvalue weighted by molar-refractivity contribution is 1.06. The van der Waals surface area contributed by atoms with Crippen molar-refractivity contribution in [3.63, 3.8) is 0 Å². The van der Waals surface area contributed by atoms with Crippen LogP contribution < -0.4 is 11.5 Å². The largest absolute Gasteiger partial charge is 0.397 e. The van der Waals surface area contributed by atoms with Gasteiger partial charge in [-0.3, -0.25) is 5.10 Å². The molecule has 1 aromatic heterocycles. The molecule has 82 valence electrons. The summed E-state index contributed by atoms with van der Waals surface area (Å²) in [6.07, 6.45) is 1.58. The minimum absolute atomic E-state index is 0.295. The van der Waals surface area contributed by atoms with Crippen LogP contribution in [0.4, 0.5) is 22.9 Å². The maximum absolute atomic E-state index is 5.95. The fraction of sp³-hybridized carbons (Fsp3) is 0. The number of azo groups is 1. The molecule has 0 spiro atoms. The van der Waals surface area contributed by atoms with Gasteiger partial charge in [-0.05, 0) is 12.1 Å². The Bertz CT molecular complexity index is 519. The van der Waals surface area contributed by atoms with Gasteiger partial charge in [0.25, 0.3) is 0 Å². The van der Waals surface area contributed by atoms with Crippen LogP contribution in [0.1, 0.15) is 0 Å². The van der Waals surface area contributed by atoms with Crippen molar-refractivity contribution in [3.8, 4) is 0 Å². The Morgan fingerprint density at radius 1 is 1.19 bits per heavy atom.